The van der Waals surface area contributed by atoms with Crippen LogP contribution in [0.15, 0.2) is 28.3 Å². The summed E-state index contributed by atoms with van der Waals surface area (Å²) < 4.78 is 11.0. The molecule has 7 heteroatoms. The van der Waals surface area contributed by atoms with Gasteiger partial charge in [-0.05, 0) is 19.1 Å². The largest absolute Gasteiger partial charge is 0.467 e. The maximum Gasteiger partial charge on any atom is 0.230 e. The van der Waals surface area contributed by atoms with Gasteiger partial charge in [0.2, 0.25) is 5.91 Å². The van der Waals surface area contributed by atoms with Crippen LogP contribution < -0.4 is 5.32 Å². The van der Waals surface area contributed by atoms with Crippen molar-refractivity contribution in [3.8, 4) is 0 Å². The highest BCUT2D eigenvalue weighted by Gasteiger charge is 2.55. The zero-order chi connectivity index (χ0) is 16.6. The molecule has 0 spiro atoms. The van der Waals surface area contributed by atoms with E-state index in [0.29, 0.717) is 19.8 Å². The van der Waals surface area contributed by atoms with E-state index < -0.39 is 5.41 Å². The Balaban J connectivity index is 1.44. The number of amides is 1. The van der Waals surface area contributed by atoms with E-state index in [-0.39, 0.29) is 11.8 Å². The molecule has 2 aromatic rings. The number of carbonyl (C=O) groups excluding carboxylic acids is 1. The average molecular weight is 347 g/mol. The van der Waals surface area contributed by atoms with Crippen LogP contribution in [0.3, 0.4) is 0 Å². The standard InChI is InChI=1S/C17H21N3O3S/c1-12-15(24-11-19-12)7-20-6-13-8-22-10-17(13,9-20)16(21)18-5-14-3-2-4-23-14/h2-4,11,13H,5-10H2,1H3,(H,18,21)/t13-,17-/m1/s1. The fraction of sp³-hybridized carbons (Fsp3) is 0.529. The van der Waals surface area contributed by atoms with Gasteiger partial charge in [0.25, 0.3) is 0 Å². The number of thiazole rings is 1. The molecule has 2 aromatic heterocycles. The lowest BCUT2D eigenvalue weighted by Gasteiger charge is -2.25. The number of likely N-dealkylation sites (tertiary alicyclic amines) is 1. The van der Waals surface area contributed by atoms with Crippen LogP contribution in [0, 0.1) is 18.3 Å². The summed E-state index contributed by atoms with van der Waals surface area (Å²) in [6.45, 7) is 6.11. The third-order valence-electron chi connectivity index (χ3n) is 5.11. The second-order valence-corrected chi connectivity index (χ2v) is 7.60. The van der Waals surface area contributed by atoms with Gasteiger partial charge in [-0.3, -0.25) is 9.69 Å². The minimum absolute atomic E-state index is 0.0740. The third kappa shape index (κ3) is 2.76. The maximum atomic E-state index is 12.9. The molecule has 0 radical (unpaired) electrons. The molecule has 2 fully saturated rings. The molecule has 0 saturated carbocycles. The van der Waals surface area contributed by atoms with Crippen LogP contribution >= 0.6 is 11.3 Å². The Morgan fingerprint density at radius 1 is 1.58 bits per heavy atom. The summed E-state index contributed by atoms with van der Waals surface area (Å²) in [6, 6.07) is 3.70. The summed E-state index contributed by atoms with van der Waals surface area (Å²) >= 11 is 1.68. The average Bonchev–Trinajstić information content (AvgIpc) is 3.31. The second-order valence-electron chi connectivity index (χ2n) is 6.66. The SMILES string of the molecule is Cc1ncsc1CN1C[C@@H]2COC[C@]2(C(=O)NCc2ccco2)C1. The van der Waals surface area contributed by atoms with E-state index >= 15 is 0 Å². The monoisotopic (exact) mass is 347 g/mol. The minimum Gasteiger partial charge on any atom is -0.467 e. The van der Waals surface area contributed by atoms with E-state index in [2.05, 4.69) is 15.2 Å². The van der Waals surface area contributed by atoms with Gasteiger partial charge in [-0.1, -0.05) is 0 Å². The molecule has 2 atom stereocenters. The number of hydrogen-bond donors (Lipinski definition) is 1. The number of hydrogen-bond acceptors (Lipinski definition) is 6. The maximum absolute atomic E-state index is 12.9. The van der Waals surface area contributed by atoms with E-state index in [0.717, 1.165) is 31.1 Å². The first-order valence-electron chi connectivity index (χ1n) is 8.17. The van der Waals surface area contributed by atoms with Crippen LogP contribution in [0.2, 0.25) is 0 Å². The topological polar surface area (TPSA) is 67.6 Å². The van der Waals surface area contributed by atoms with Gasteiger partial charge in [0, 0.05) is 30.4 Å². The highest BCUT2D eigenvalue weighted by molar-refractivity contribution is 7.09. The summed E-state index contributed by atoms with van der Waals surface area (Å²) in [6.07, 6.45) is 1.62. The van der Waals surface area contributed by atoms with Gasteiger partial charge < -0.3 is 14.5 Å². The van der Waals surface area contributed by atoms with Crippen molar-refractivity contribution in [2.24, 2.45) is 11.3 Å². The number of furan rings is 1. The molecule has 1 amide bonds. The molecular formula is C17H21N3O3S. The predicted octanol–water partition coefficient (Wildman–Crippen LogP) is 1.81. The highest BCUT2D eigenvalue weighted by atomic mass is 32.1. The summed E-state index contributed by atoms with van der Waals surface area (Å²) in [4.78, 5) is 20.8. The third-order valence-corrected chi connectivity index (χ3v) is 6.03. The molecule has 2 aliphatic rings. The van der Waals surface area contributed by atoms with Gasteiger partial charge in [0.1, 0.15) is 5.76 Å². The number of rotatable bonds is 5. The van der Waals surface area contributed by atoms with Crippen LogP contribution in [0.5, 0.6) is 0 Å². The van der Waals surface area contributed by atoms with Crippen molar-refractivity contribution in [2.45, 2.75) is 20.0 Å². The van der Waals surface area contributed by atoms with E-state index in [9.17, 15) is 4.79 Å². The smallest absolute Gasteiger partial charge is 0.230 e. The number of nitrogens with zero attached hydrogens (tertiary/aromatic N) is 2. The van der Waals surface area contributed by atoms with Crippen LogP contribution in [0.4, 0.5) is 0 Å². The number of aromatic nitrogens is 1. The summed E-state index contributed by atoms with van der Waals surface area (Å²) in [5.74, 6) is 1.10. The fourth-order valence-electron chi connectivity index (χ4n) is 3.72. The Bertz CT molecular complexity index is 714. The van der Waals surface area contributed by atoms with E-state index in [1.54, 1.807) is 17.6 Å². The molecule has 4 rings (SSSR count). The summed E-state index contributed by atoms with van der Waals surface area (Å²) in [5, 5.41) is 3.03. The number of ether oxygens (including phenoxy) is 1. The molecule has 128 valence electrons. The van der Waals surface area contributed by atoms with Crippen LogP contribution in [0.1, 0.15) is 16.3 Å². The predicted molar refractivity (Wildman–Crippen MR) is 89.4 cm³/mol. The zero-order valence-corrected chi connectivity index (χ0v) is 14.5. The molecule has 1 N–H and O–H groups in total. The van der Waals surface area contributed by atoms with Crippen molar-refractivity contribution in [1.82, 2.24) is 15.2 Å². The molecule has 2 aliphatic heterocycles. The molecule has 0 unspecified atom stereocenters. The van der Waals surface area contributed by atoms with Crippen molar-refractivity contribution >= 4 is 17.2 Å². The van der Waals surface area contributed by atoms with Gasteiger partial charge in [0.05, 0.1) is 42.6 Å². The molecule has 0 bridgehead atoms. The molecule has 6 nitrogen and oxygen atoms in total. The molecule has 24 heavy (non-hydrogen) atoms. The van der Waals surface area contributed by atoms with Gasteiger partial charge in [0.15, 0.2) is 0 Å². The number of nitrogens with one attached hydrogen (secondary N) is 1. The van der Waals surface area contributed by atoms with Crippen molar-refractivity contribution in [3.63, 3.8) is 0 Å². The van der Waals surface area contributed by atoms with Crippen molar-refractivity contribution in [1.29, 1.82) is 0 Å². The molecule has 2 saturated heterocycles. The Morgan fingerprint density at radius 2 is 2.50 bits per heavy atom. The Labute approximate surface area is 144 Å². The quantitative estimate of drug-likeness (QED) is 0.893. The van der Waals surface area contributed by atoms with Crippen molar-refractivity contribution in [2.75, 3.05) is 26.3 Å². The number of fused-ring (bicyclic) bond motifs is 1. The number of carbonyl (C=O) groups is 1. The summed E-state index contributed by atoms with van der Waals surface area (Å²) in [7, 11) is 0. The van der Waals surface area contributed by atoms with Crippen LogP contribution in [-0.4, -0.2) is 42.1 Å². The lowest BCUT2D eigenvalue weighted by atomic mass is 9.80. The Hall–Kier alpha value is -1.70. The Morgan fingerprint density at radius 3 is 3.25 bits per heavy atom. The lowest BCUT2D eigenvalue weighted by molar-refractivity contribution is -0.132. The normalized spacial score (nSPS) is 26.6. The number of aryl methyl sites for hydroxylation is 1. The van der Waals surface area contributed by atoms with Crippen molar-refractivity contribution < 1.29 is 13.9 Å². The van der Waals surface area contributed by atoms with Gasteiger partial charge in [-0.25, -0.2) is 4.98 Å². The van der Waals surface area contributed by atoms with Gasteiger partial charge in [-0.15, -0.1) is 11.3 Å². The van der Waals surface area contributed by atoms with E-state index in [1.165, 1.54) is 4.88 Å². The fourth-order valence-corrected chi connectivity index (χ4v) is 4.54. The van der Waals surface area contributed by atoms with Crippen LogP contribution in [0.25, 0.3) is 0 Å². The van der Waals surface area contributed by atoms with Gasteiger partial charge >= 0.3 is 0 Å². The van der Waals surface area contributed by atoms with E-state index in [1.807, 2.05) is 24.6 Å². The molecule has 0 aliphatic carbocycles. The Kier molecular flexibility index (Phi) is 4.15. The molecule has 0 aromatic carbocycles. The minimum atomic E-state index is -0.439. The molecular weight excluding hydrogens is 326 g/mol. The zero-order valence-electron chi connectivity index (χ0n) is 13.7. The van der Waals surface area contributed by atoms with E-state index in [4.69, 9.17) is 9.15 Å². The summed E-state index contributed by atoms with van der Waals surface area (Å²) in [5.41, 5.74) is 2.53. The second kappa shape index (κ2) is 6.31. The van der Waals surface area contributed by atoms with Gasteiger partial charge in [-0.2, -0.15) is 0 Å². The lowest BCUT2D eigenvalue weighted by Crippen LogP contribution is -2.46. The highest BCUT2D eigenvalue weighted by Crippen LogP contribution is 2.42. The first kappa shape index (κ1) is 15.8. The van der Waals surface area contributed by atoms with Crippen molar-refractivity contribution in [3.05, 3.63) is 40.2 Å². The first-order valence-corrected chi connectivity index (χ1v) is 9.05. The van der Waals surface area contributed by atoms with Crippen LogP contribution in [-0.2, 0) is 22.6 Å². The first-order chi connectivity index (χ1) is 11.7. The molecule has 4 heterocycles.